The molecule has 0 unspecified atom stereocenters. The summed E-state index contributed by atoms with van der Waals surface area (Å²) < 4.78 is 35.8. The number of unbranched alkanes of at least 4 members (excludes halogenated alkanes) is 9. The van der Waals surface area contributed by atoms with Crippen molar-refractivity contribution in [3.05, 3.63) is 114 Å². The second kappa shape index (κ2) is 25.2. The Bertz CT molecular complexity index is 1540. The lowest BCUT2D eigenvalue weighted by Gasteiger charge is -2.14. The Morgan fingerprint density at radius 1 is 0.370 bits per heavy atom. The fourth-order valence-electron chi connectivity index (χ4n) is 5.48. The van der Waals surface area contributed by atoms with E-state index in [9.17, 15) is 0 Å². The molecule has 0 saturated carbocycles. The van der Waals surface area contributed by atoms with Crippen LogP contribution in [0.15, 0.2) is 91.0 Å². The monoisotopic (exact) mass is 729 g/mol. The fraction of sp³-hybridized carbons (Fsp3) is 0.400. The maximum absolute atomic E-state index is 8.94. The molecule has 4 rings (SSSR count). The van der Waals surface area contributed by atoms with E-state index in [1.54, 1.807) is 36.4 Å². The van der Waals surface area contributed by atoms with Crippen molar-refractivity contribution < 1.29 is 28.4 Å². The third kappa shape index (κ3) is 16.7. The summed E-state index contributed by atoms with van der Waals surface area (Å²) in [6.07, 6.45) is 11.9. The molecule has 0 aliphatic heterocycles. The van der Waals surface area contributed by atoms with Gasteiger partial charge in [0.25, 0.3) is 0 Å². The smallest absolute Gasteiger partial charge is 0.187 e. The Morgan fingerprint density at radius 3 is 0.889 bits per heavy atom. The van der Waals surface area contributed by atoms with Gasteiger partial charge in [0.1, 0.15) is 34.5 Å². The SMILES string of the molecule is [C-]#[N+]c1ccc(OCCCCCCOc2cc(OCCCCCCOc3ccc(C#N)cc3)cc(OCCCCCCOc3ccc(C#N)cc3)c2)cc1. The first-order valence-electron chi connectivity index (χ1n) is 19.0. The number of rotatable bonds is 27. The van der Waals surface area contributed by atoms with E-state index in [1.165, 1.54) is 0 Å². The first-order chi connectivity index (χ1) is 26.6. The highest BCUT2D eigenvalue weighted by Crippen LogP contribution is 2.29. The highest BCUT2D eigenvalue weighted by Gasteiger charge is 2.07. The second-order valence-electron chi connectivity index (χ2n) is 12.9. The van der Waals surface area contributed by atoms with Crippen LogP contribution in [0.1, 0.15) is 88.2 Å². The number of benzene rings is 4. The summed E-state index contributed by atoms with van der Waals surface area (Å²) in [7, 11) is 0. The van der Waals surface area contributed by atoms with E-state index in [1.807, 2.05) is 54.6 Å². The quantitative estimate of drug-likeness (QED) is 0.0441. The molecule has 0 aromatic heterocycles. The van der Waals surface area contributed by atoms with Crippen LogP contribution in [0.25, 0.3) is 4.85 Å². The van der Waals surface area contributed by atoms with Gasteiger partial charge in [-0.15, -0.1) is 0 Å². The van der Waals surface area contributed by atoms with E-state index in [2.05, 4.69) is 17.0 Å². The van der Waals surface area contributed by atoms with Gasteiger partial charge in [-0.3, -0.25) is 0 Å². The fourth-order valence-corrected chi connectivity index (χ4v) is 5.48. The van der Waals surface area contributed by atoms with Gasteiger partial charge in [-0.2, -0.15) is 10.5 Å². The molecular weight excluding hydrogens is 679 g/mol. The Balaban J connectivity index is 1.13. The van der Waals surface area contributed by atoms with Crippen molar-refractivity contribution in [1.82, 2.24) is 0 Å². The van der Waals surface area contributed by atoms with Crippen LogP contribution in [-0.4, -0.2) is 39.6 Å². The molecule has 0 spiro atoms. The molecule has 282 valence electrons. The third-order valence-electron chi connectivity index (χ3n) is 8.51. The van der Waals surface area contributed by atoms with Crippen molar-refractivity contribution in [2.24, 2.45) is 0 Å². The molecule has 0 saturated heterocycles. The predicted octanol–water partition coefficient (Wildman–Crippen LogP) is 11.0. The zero-order chi connectivity index (χ0) is 37.9. The Hall–Kier alpha value is -5.85. The van der Waals surface area contributed by atoms with E-state index >= 15 is 0 Å². The highest BCUT2D eigenvalue weighted by atomic mass is 16.5. The molecule has 0 heterocycles. The van der Waals surface area contributed by atoms with Crippen LogP contribution < -0.4 is 28.4 Å². The molecule has 0 bridgehead atoms. The van der Waals surface area contributed by atoms with Gasteiger partial charge < -0.3 is 28.4 Å². The van der Waals surface area contributed by atoms with Crippen LogP contribution in [0.4, 0.5) is 5.69 Å². The minimum absolute atomic E-state index is 0.607. The van der Waals surface area contributed by atoms with Crippen molar-refractivity contribution in [2.45, 2.75) is 77.0 Å². The molecule has 9 heteroatoms. The van der Waals surface area contributed by atoms with E-state index in [4.69, 9.17) is 45.5 Å². The van der Waals surface area contributed by atoms with Crippen molar-refractivity contribution >= 4 is 5.69 Å². The molecule has 0 aliphatic rings. The summed E-state index contributed by atoms with van der Waals surface area (Å²) in [5.41, 5.74) is 1.87. The molecule has 9 nitrogen and oxygen atoms in total. The maximum atomic E-state index is 8.94. The Morgan fingerprint density at radius 2 is 0.630 bits per heavy atom. The van der Waals surface area contributed by atoms with Crippen LogP contribution in [0.3, 0.4) is 0 Å². The van der Waals surface area contributed by atoms with Gasteiger partial charge in [-0.1, -0.05) is 12.1 Å². The first-order valence-corrected chi connectivity index (χ1v) is 19.0. The van der Waals surface area contributed by atoms with Crippen molar-refractivity contribution in [2.75, 3.05) is 39.6 Å². The number of hydrogen-bond acceptors (Lipinski definition) is 8. The van der Waals surface area contributed by atoms with Gasteiger partial charge in [-0.05, 0) is 138 Å². The topological polar surface area (TPSA) is 107 Å². The number of hydrogen-bond donors (Lipinski definition) is 0. The summed E-state index contributed by atoms with van der Waals surface area (Å²) in [5.74, 6) is 4.60. The maximum Gasteiger partial charge on any atom is 0.187 e. The molecule has 4 aromatic carbocycles. The van der Waals surface area contributed by atoms with Crippen LogP contribution >= 0.6 is 0 Å². The summed E-state index contributed by atoms with van der Waals surface area (Å²) in [4.78, 5) is 3.41. The molecule has 0 fully saturated rings. The van der Waals surface area contributed by atoms with Crippen LogP contribution in [0.2, 0.25) is 0 Å². The molecule has 0 atom stereocenters. The molecular formula is C45H51N3O6. The molecule has 0 N–H and O–H groups in total. The lowest BCUT2D eigenvalue weighted by Crippen LogP contribution is -2.03. The minimum Gasteiger partial charge on any atom is -0.494 e. The summed E-state index contributed by atoms with van der Waals surface area (Å²) in [5, 5.41) is 17.9. The summed E-state index contributed by atoms with van der Waals surface area (Å²) >= 11 is 0. The Labute approximate surface area is 320 Å². The van der Waals surface area contributed by atoms with E-state index in [0.29, 0.717) is 56.5 Å². The average molecular weight is 730 g/mol. The number of nitriles is 2. The highest BCUT2D eigenvalue weighted by molar-refractivity contribution is 5.47. The summed E-state index contributed by atoms with van der Waals surface area (Å²) in [6, 6.07) is 31.7. The van der Waals surface area contributed by atoms with Crippen molar-refractivity contribution in [3.8, 4) is 46.6 Å². The number of ether oxygens (including phenoxy) is 6. The van der Waals surface area contributed by atoms with Crippen LogP contribution in [0, 0.1) is 29.2 Å². The minimum atomic E-state index is 0.607. The molecule has 4 aromatic rings. The largest absolute Gasteiger partial charge is 0.494 e. The third-order valence-corrected chi connectivity index (χ3v) is 8.51. The van der Waals surface area contributed by atoms with Gasteiger partial charge in [0.05, 0.1) is 69.5 Å². The van der Waals surface area contributed by atoms with Gasteiger partial charge in [-0.25, -0.2) is 4.85 Å². The van der Waals surface area contributed by atoms with Crippen LogP contribution in [0.5, 0.6) is 34.5 Å². The zero-order valence-electron chi connectivity index (χ0n) is 31.2. The number of nitrogens with zero attached hydrogens (tertiary/aromatic N) is 3. The van der Waals surface area contributed by atoms with E-state index in [0.717, 1.165) is 112 Å². The van der Waals surface area contributed by atoms with E-state index in [-0.39, 0.29) is 0 Å². The van der Waals surface area contributed by atoms with Gasteiger partial charge in [0, 0.05) is 18.2 Å². The zero-order valence-corrected chi connectivity index (χ0v) is 31.2. The van der Waals surface area contributed by atoms with E-state index < -0.39 is 0 Å². The average Bonchev–Trinajstić information content (AvgIpc) is 3.21. The van der Waals surface area contributed by atoms with Gasteiger partial charge >= 0.3 is 0 Å². The lowest BCUT2D eigenvalue weighted by molar-refractivity contribution is 0.269. The molecule has 0 radical (unpaired) electrons. The first kappa shape index (κ1) is 40.9. The van der Waals surface area contributed by atoms with Crippen molar-refractivity contribution in [1.29, 1.82) is 10.5 Å². The van der Waals surface area contributed by atoms with Gasteiger partial charge in [0.2, 0.25) is 0 Å². The van der Waals surface area contributed by atoms with Crippen molar-refractivity contribution in [3.63, 3.8) is 0 Å². The predicted molar refractivity (Wildman–Crippen MR) is 210 cm³/mol. The molecule has 54 heavy (non-hydrogen) atoms. The standard InChI is InChI=1S/C45H51N3O6/c1-48-39-18-24-42(25-19-39)51-28-10-4-7-13-31-54-45-33-43(52-29-11-5-2-8-26-49-40-20-14-37(35-46)15-21-40)32-44(34-45)53-30-12-6-3-9-27-50-41-22-16-38(36-47)17-23-41/h14-25,32-34H,2-13,26-31H2. The van der Waals surface area contributed by atoms with Gasteiger partial charge in [0.15, 0.2) is 5.69 Å². The Kier molecular flexibility index (Phi) is 19.1. The second-order valence-corrected chi connectivity index (χ2v) is 12.9. The molecule has 0 amide bonds. The van der Waals surface area contributed by atoms with Crippen LogP contribution in [-0.2, 0) is 0 Å². The lowest BCUT2D eigenvalue weighted by atomic mass is 10.2. The molecule has 0 aliphatic carbocycles. The normalized spacial score (nSPS) is 10.4. The summed E-state index contributed by atoms with van der Waals surface area (Å²) in [6.45, 7) is 10.8.